The van der Waals surface area contributed by atoms with Gasteiger partial charge >= 0.3 is 0 Å². The van der Waals surface area contributed by atoms with E-state index in [1.165, 1.54) is 18.6 Å². The van der Waals surface area contributed by atoms with E-state index in [9.17, 15) is 9.59 Å². The van der Waals surface area contributed by atoms with Crippen molar-refractivity contribution in [1.29, 1.82) is 0 Å². The van der Waals surface area contributed by atoms with Gasteiger partial charge in [0.15, 0.2) is 0 Å². The maximum Gasteiger partial charge on any atom is 0.263 e. The van der Waals surface area contributed by atoms with E-state index in [1.807, 2.05) is 6.07 Å². The summed E-state index contributed by atoms with van der Waals surface area (Å²) < 4.78 is 0. The Bertz CT molecular complexity index is 827. The number of pyridine rings is 1. The summed E-state index contributed by atoms with van der Waals surface area (Å²) in [5.74, 6) is -0.381. The summed E-state index contributed by atoms with van der Waals surface area (Å²) >= 11 is 0. The molecule has 0 fully saturated rings. The van der Waals surface area contributed by atoms with Gasteiger partial charge in [-0.2, -0.15) is 0 Å². The van der Waals surface area contributed by atoms with Crippen LogP contribution in [0.25, 0.3) is 10.9 Å². The summed E-state index contributed by atoms with van der Waals surface area (Å²) in [6, 6.07) is 8.65. The van der Waals surface area contributed by atoms with Crippen LogP contribution >= 0.6 is 0 Å². The molecule has 0 atom stereocenters. The minimum Gasteiger partial charge on any atom is -0.360 e. The highest BCUT2D eigenvalue weighted by Gasteiger charge is 2.13. The minimum absolute atomic E-state index is 0.0242. The summed E-state index contributed by atoms with van der Waals surface area (Å²) in [4.78, 5) is 35.0. The number of H-pyrrole nitrogens is 1. The predicted molar refractivity (Wildman–Crippen MR) is 74.6 cm³/mol. The molecule has 0 saturated heterocycles. The van der Waals surface area contributed by atoms with E-state index in [4.69, 9.17) is 0 Å². The smallest absolute Gasteiger partial charge is 0.263 e. The van der Waals surface area contributed by atoms with Crippen LogP contribution in [0.5, 0.6) is 0 Å². The second-order valence-corrected chi connectivity index (χ2v) is 4.10. The molecule has 98 valence electrons. The number of nitrogens with one attached hydrogen (secondary N) is 2. The van der Waals surface area contributed by atoms with Gasteiger partial charge in [0.25, 0.3) is 5.91 Å². The lowest BCUT2D eigenvalue weighted by Gasteiger charge is -2.04. The number of amides is 1. The van der Waals surface area contributed by atoms with Crippen LogP contribution in [0.2, 0.25) is 0 Å². The van der Waals surface area contributed by atoms with Crippen molar-refractivity contribution in [2.75, 3.05) is 5.32 Å². The number of carbonyl (C=O) groups is 1. The number of anilines is 1. The lowest BCUT2D eigenvalue weighted by atomic mass is 10.1. The number of hydrogen-bond donors (Lipinski definition) is 2. The minimum atomic E-state index is -0.539. The molecule has 2 N–H and O–H groups in total. The molecule has 0 aliphatic carbocycles. The number of rotatable bonds is 2. The number of hydrogen-bond acceptors (Lipinski definition) is 4. The Morgan fingerprint density at radius 3 is 2.65 bits per heavy atom. The van der Waals surface area contributed by atoms with Crippen molar-refractivity contribution in [2.24, 2.45) is 0 Å². The van der Waals surface area contributed by atoms with E-state index in [-0.39, 0.29) is 16.9 Å². The molecular weight excluding hydrogens is 256 g/mol. The van der Waals surface area contributed by atoms with Crippen molar-refractivity contribution in [3.63, 3.8) is 0 Å². The van der Waals surface area contributed by atoms with E-state index >= 15 is 0 Å². The molecule has 6 heteroatoms. The number of aromatic amines is 1. The Balaban J connectivity index is 2.00. The molecule has 1 aromatic carbocycles. The van der Waals surface area contributed by atoms with Crippen LogP contribution in [0.3, 0.4) is 0 Å². The highest BCUT2D eigenvalue weighted by Crippen LogP contribution is 2.07. The van der Waals surface area contributed by atoms with Crippen LogP contribution in [0, 0.1) is 0 Å². The van der Waals surface area contributed by atoms with E-state index in [0.717, 1.165) is 0 Å². The molecule has 0 aliphatic rings. The first kappa shape index (κ1) is 12.0. The third kappa shape index (κ3) is 2.14. The number of nitrogens with zero attached hydrogens (tertiary/aromatic N) is 2. The highest BCUT2D eigenvalue weighted by molar-refractivity contribution is 6.04. The second-order valence-electron chi connectivity index (χ2n) is 4.10. The first-order valence-electron chi connectivity index (χ1n) is 5.94. The highest BCUT2D eigenvalue weighted by atomic mass is 16.2. The predicted octanol–water partition coefficient (Wildman–Crippen LogP) is 1.57. The van der Waals surface area contributed by atoms with Crippen molar-refractivity contribution >= 4 is 22.8 Å². The summed E-state index contributed by atoms with van der Waals surface area (Å²) in [6.07, 6.45) is 4.41. The monoisotopic (exact) mass is 266 g/mol. The van der Waals surface area contributed by atoms with Gasteiger partial charge in [-0.1, -0.05) is 12.1 Å². The Labute approximate surface area is 113 Å². The molecule has 0 aliphatic heterocycles. The number of carbonyl (C=O) groups excluding carboxylic acids is 1. The summed E-state index contributed by atoms with van der Waals surface area (Å²) in [7, 11) is 0. The van der Waals surface area contributed by atoms with E-state index in [1.54, 1.807) is 24.3 Å². The zero-order chi connectivity index (χ0) is 13.9. The lowest BCUT2D eigenvalue weighted by molar-refractivity contribution is 0.102. The third-order valence-electron chi connectivity index (χ3n) is 2.82. The van der Waals surface area contributed by atoms with Crippen LogP contribution in [0.4, 0.5) is 5.95 Å². The molecule has 3 aromatic rings. The SMILES string of the molecule is O=C(Nc1ncccn1)c1c[nH]c2ccccc2c1=O. The lowest BCUT2D eigenvalue weighted by Crippen LogP contribution is -2.22. The number of para-hydroxylation sites is 1. The fraction of sp³-hybridized carbons (Fsp3) is 0. The molecular formula is C14H10N4O2. The molecule has 0 spiro atoms. The van der Waals surface area contributed by atoms with E-state index in [2.05, 4.69) is 20.3 Å². The van der Waals surface area contributed by atoms with Crippen LogP contribution in [-0.2, 0) is 0 Å². The van der Waals surface area contributed by atoms with E-state index in [0.29, 0.717) is 10.9 Å². The molecule has 0 bridgehead atoms. The average molecular weight is 266 g/mol. The van der Waals surface area contributed by atoms with Gasteiger partial charge in [-0.05, 0) is 18.2 Å². The zero-order valence-corrected chi connectivity index (χ0v) is 10.3. The largest absolute Gasteiger partial charge is 0.360 e. The zero-order valence-electron chi connectivity index (χ0n) is 10.3. The number of aromatic nitrogens is 3. The standard InChI is InChI=1S/C14H10N4O2/c19-12-9-4-1-2-5-11(9)17-8-10(12)13(20)18-14-15-6-3-7-16-14/h1-8H,(H,17,19)(H,15,16,18,20). The van der Waals surface area contributed by atoms with Crippen molar-refractivity contribution in [3.05, 3.63) is 64.7 Å². The van der Waals surface area contributed by atoms with Crippen molar-refractivity contribution < 1.29 is 4.79 Å². The summed E-state index contributed by atoms with van der Waals surface area (Å²) in [5.41, 5.74) is 0.383. The molecule has 20 heavy (non-hydrogen) atoms. The quantitative estimate of drug-likeness (QED) is 0.737. The van der Waals surface area contributed by atoms with Crippen molar-refractivity contribution in [3.8, 4) is 0 Å². The first-order chi connectivity index (χ1) is 9.75. The molecule has 0 saturated carbocycles. The number of fused-ring (bicyclic) bond motifs is 1. The van der Waals surface area contributed by atoms with Crippen molar-refractivity contribution in [2.45, 2.75) is 0 Å². The normalized spacial score (nSPS) is 10.4. The van der Waals surface area contributed by atoms with Crippen LogP contribution < -0.4 is 10.7 Å². The number of benzene rings is 1. The molecule has 1 amide bonds. The molecule has 0 unspecified atom stereocenters. The Kier molecular flexibility index (Phi) is 2.96. The maximum atomic E-state index is 12.2. The maximum absolute atomic E-state index is 12.2. The van der Waals surface area contributed by atoms with Gasteiger partial charge in [-0.25, -0.2) is 9.97 Å². The molecule has 6 nitrogen and oxygen atoms in total. The topological polar surface area (TPSA) is 87.7 Å². The Morgan fingerprint density at radius 2 is 1.85 bits per heavy atom. The van der Waals surface area contributed by atoms with Gasteiger partial charge < -0.3 is 4.98 Å². The third-order valence-corrected chi connectivity index (χ3v) is 2.82. The van der Waals surface area contributed by atoms with Crippen LogP contribution in [0.15, 0.2) is 53.7 Å². The molecule has 2 aromatic heterocycles. The van der Waals surface area contributed by atoms with Gasteiger partial charge in [0, 0.05) is 29.5 Å². The van der Waals surface area contributed by atoms with Crippen molar-refractivity contribution in [1.82, 2.24) is 15.0 Å². The average Bonchev–Trinajstić information content (AvgIpc) is 2.49. The Morgan fingerprint density at radius 1 is 1.10 bits per heavy atom. The van der Waals surface area contributed by atoms with Gasteiger partial charge in [0.2, 0.25) is 11.4 Å². The van der Waals surface area contributed by atoms with Crippen LogP contribution in [0.1, 0.15) is 10.4 Å². The molecule has 0 radical (unpaired) electrons. The fourth-order valence-electron chi connectivity index (χ4n) is 1.87. The summed E-state index contributed by atoms with van der Waals surface area (Å²) in [6.45, 7) is 0. The fourth-order valence-corrected chi connectivity index (χ4v) is 1.87. The van der Waals surface area contributed by atoms with Gasteiger partial charge in [-0.15, -0.1) is 0 Å². The van der Waals surface area contributed by atoms with Gasteiger partial charge in [0.1, 0.15) is 5.56 Å². The molecule has 3 rings (SSSR count). The first-order valence-corrected chi connectivity index (χ1v) is 5.94. The van der Waals surface area contributed by atoms with Gasteiger partial charge in [-0.3, -0.25) is 14.9 Å². The second kappa shape index (κ2) is 4.93. The van der Waals surface area contributed by atoms with Crippen LogP contribution in [-0.4, -0.2) is 20.9 Å². The Hall–Kier alpha value is -3.02. The summed E-state index contributed by atoms with van der Waals surface area (Å²) in [5, 5.41) is 2.95. The molecule has 2 heterocycles. The van der Waals surface area contributed by atoms with Gasteiger partial charge in [0.05, 0.1) is 0 Å². The van der Waals surface area contributed by atoms with E-state index < -0.39 is 5.91 Å².